The van der Waals surface area contributed by atoms with Gasteiger partial charge in [0.05, 0.1) is 26.4 Å². The van der Waals surface area contributed by atoms with Crippen molar-refractivity contribution in [2.45, 2.75) is 394 Å². The first-order chi connectivity index (χ1) is 44.8. The largest absolute Gasteiger partial charge is 0.472 e. The summed E-state index contributed by atoms with van der Waals surface area (Å²) in [7, 11) is -9.90. The molecule has 0 heterocycles. The van der Waals surface area contributed by atoms with Crippen LogP contribution in [0, 0.1) is 17.8 Å². The number of carbonyl (C=O) groups excluding carboxylic acids is 4. The van der Waals surface area contributed by atoms with Crippen molar-refractivity contribution in [3.8, 4) is 0 Å². The highest BCUT2D eigenvalue weighted by molar-refractivity contribution is 7.47. The Hall–Kier alpha value is -1.94. The van der Waals surface area contributed by atoms with Crippen molar-refractivity contribution in [3.63, 3.8) is 0 Å². The summed E-state index contributed by atoms with van der Waals surface area (Å²) in [5, 5.41) is 10.6. The molecular formula is C74H144O17P2. The van der Waals surface area contributed by atoms with Gasteiger partial charge in [-0.3, -0.25) is 37.3 Å². The summed E-state index contributed by atoms with van der Waals surface area (Å²) >= 11 is 0. The van der Waals surface area contributed by atoms with E-state index in [0.29, 0.717) is 31.6 Å². The fourth-order valence-electron chi connectivity index (χ4n) is 11.2. The molecule has 0 fully saturated rings. The molecule has 0 rings (SSSR count). The molecular weight excluding hydrogens is 1220 g/mol. The van der Waals surface area contributed by atoms with Gasteiger partial charge < -0.3 is 33.8 Å². The molecule has 0 radical (unpaired) electrons. The highest BCUT2D eigenvalue weighted by Gasteiger charge is 2.30. The zero-order valence-corrected chi connectivity index (χ0v) is 62.5. The van der Waals surface area contributed by atoms with Crippen LogP contribution >= 0.6 is 15.6 Å². The monoisotopic (exact) mass is 1370 g/mol. The van der Waals surface area contributed by atoms with Crippen LogP contribution in [0.3, 0.4) is 0 Å². The smallest absolute Gasteiger partial charge is 0.462 e. The van der Waals surface area contributed by atoms with Crippen molar-refractivity contribution in [2.24, 2.45) is 17.8 Å². The Kier molecular flexibility index (Phi) is 63.4. The molecule has 0 aliphatic carbocycles. The molecule has 0 aromatic heterocycles. The molecule has 93 heavy (non-hydrogen) atoms. The van der Waals surface area contributed by atoms with Crippen LogP contribution in [0.2, 0.25) is 0 Å². The van der Waals surface area contributed by atoms with Crippen LogP contribution in [0.25, 0.3) is 0 Å². The maximum Gasteiger partial charge on any atom is 0.472 e. The standard InChI is InChI=1S/C74H144O17P2/c1-8-10-11-12-13-14-15-22-26-29-32-41-48-55-71(76)84-61-69(90-73(78)57-50-43-33-30-27-24-21-19-17-16-18-20-23-25-28-31-38-45-52-65(3)4)63-88-92(80,81)86-59-68(75)60-87-93(82,83)89-64-70(62-85-72(77)56-49-42-36-34-39-46-53-66(5)6)91-74(79)58-51-44-37-35-40-47-54-67(7)9-2/h65-70,75H,8-64H2,1-7H3,(H,80,81)(H,82,83)/t67?,68-,69-,70-/m1/s1. The van der Waals surface area contributed by atoms with Crippen molar-refractivity contribution < 1.29 is 80.2 Å². The van der Waals surface area contributed by atoms with Gasteiger partial charge in [-0.05, 0) is 43.4 Å². The summed E-state index contributed by atoms with van der Waals surface area (Å²) < 4.78 is 68.3. The van der Waals surface area contributed by atoms with Gasteiger partial charge in [-0.25, -0.2) is 9.13 Å². The second kappa shape index (κ2) is 64.7. The normalized spacial score (nSPS) is 14.4. The van der Waals surface area contributed by atoms with Gasteiger partial charge in [-0.15, -0.1) is 0 Å². The van der Waals surface area contributed by atoms with Crippen molar-refractivity contribution in [1.29, 1.82) is 0 Å². The summed E-state index contributed by atoms with van der Waals surface area (Å²) in [6.07, 6.45) is 50.3. The van der Waals surface area contributed by atoms with E-state index in [1.54, 1.807) is 0 Å². The van der Waals surface area contributed by atoms with Gasteiger partial charge in [0.2, 0.25) is 0 Å². The van der Waals surface area contributed by atoms with Gasteiger partial charge in [0, 0.05) is 25.7 Å². The van der Waals surface area contributed by atoms with Crippen LogP contribution in [-0.2, 0) is 65.4 Å². The first kappa shape index (κ1) is 91.1. The number of phosphoric ester groups is 2. The average Bonchev–Trinajstić information content (AvgIpc) is 3.73. The fourth-order valence-corrected chi connectivity index (χ4v) is 12.8. The number of aliphatic hydroxyl groups is 1. The molecule has 19 heteroatoms. The first-order valence-electron chi connectivity index (χ1n) is 38.4. The predicted molar refractivity (Wildman–Crippen MR) is 377 cm³/mol. The highest BCUT2D eigenvalue weighted by Crippen LogP contribution is 2.45. The third-order valence-electron chi connectivity index (χ3n) is 17.5. The minimum absolute atomic E-state index is 0.102. The zero-order valence-electron chi connectivity index (χ0n) is 60.7. The lowest BCUT2D eigenvalue weighted by molar-refractivity contribution is -0.161. The molecule has 0 spiro atoms. The van der Waals surface area contributed by atoms with Crippen LogP contribution in [0.5, 0.6) is 0 Å². The quantitative estimate of drug-likeness (QED) is 0.0222. The van der Waals surface area contributed by atoms with Gasteiger partial charge in [-0.2, -0.15) is 0 Å². The van der Waals surface area contributed by atoms with E-state index in [-0.39, 0.29) is 25.7 Å². The fraction of sp³-hybridized carbons (Fsp3) is 0.946. The van der Waals surface area contributed by atoms with Gasteiger partial charge in [0.1, 0.15) is 19.3 Å². The second-order valence-electron chi connectivity index (χ2n) is 27.9. The number of rotatable bonds is 72. The lowest BCUT2D eigenvalue weighted by Gasteiger charge is -2.21. The van der Waals surface area contributed by atoms with Crippen molar-refractivity contribution in [2.75, 3.05) is 39.6 Å². The topological polar surface area (TPSA) is 237 Å². The van der Waals surface area contributed by atoms with E-state index in [1.165, 1.54) is 180 Å². The van der Waals surface area contributed by atoms with E-state index in [1.807, 2.05) is 0 Å². The lowest BCUT2D eigenvalue weighted by Crippen LogP contribution is -2.30. The number of hydrogen-bond acceptors (Lipinski definition) is 15. The van der Waals surface area contributed by atoms with Crippen molar-refractivity contribution in [3.05, 3.63) is 0 Å². The molecule has 552 valence electrons. The van der Waals surface area contributed by atoms with Gasteiger partial charge >= 0.3 is 39.5 Å². The molecule has 0 aromatic rings. The molecule has 0 bridgehead atoms. The third kappa shape index (κ3) is 67.0. The molecule has 0 aliphatic heterocycles. The molecule has 17 nitrogen and oxygen atoms in total. The summed E-state index contributed by atoms with van der Waals surface area (Å²) in [6, 6.07) is 0. The maximum atomic E-state index is 13.1. The molecule has 0 amide bonds. The molecule has 3 N–H and O–H groups in total. The Labute approximate surface area is 568 Å². The van der Waals surface area contributed by atoms with Crippen molar-refractivity contribution in [1.82, 2.24) is 0 Å². The molecule has 3 unspecified atom stereocenters. The molecule has 0 aliphatic rings. The van der Waals surface area contributed by atoms with E-state index in [9.17, 15) is 43.2 Å². The predicted octanol–water partition coefficient (Wildman–Crippen LogP) is 21.4. The van der Waals surface area contributed by atoms with Crippen LogP contribution in [0.15, 0.2) is 0 Å². The Morgan fingerprint density at radius 3 is 0.817 bits per heavy atom. The zero-order chi connectivity index (χ0) is 68.7. The van der Waals surface area contributed by atoms with Crippen LogP contribution in [0.1, 0.15) is 376 Å². The third-order valence-corrected chi connectivity index (χ3v) is 19.4. The van der Waals surface area contributed by atoms with E-state index in [0.717, 1.165) is 108 Å². The van der Waals surface area contributed by atoms with E-state index in [4.69, 9.17) is 37.0 Å². The minimum atomic E-state index is -4.96. The summed E-state index contributed by atoms with van der Waals surface area (Å²) in [4.78, 5) is 72.6. The van der Waals surface area contributed by atoms with Crippen LogP contribution < -0.4 is 0 Å². The Morgan fingerprint density at radius 1 is 0.312 bits per heavy atom. The average molecular weight is 1370 g/mol. The van der Waals surface area contributed by atoms with Crippen molar-refractivity contribution >= 4 is 39.5 Å². The van der Waals surface area contributed by atoms with E-state index >= 15 is 0 Å². The summed E-state index contributed by atoms with van der Waals surface area (Å²) in [6.45, 7) is 11.8. The molecule has 0 saturated carbocycles. The number of unbranched alkanes of at least 4 members (excludes halogenated alkanes) is 39. The number of hydrogen-bond donors (Lipinski definition) is 3. The lowest BCUT2D eigenvalue weighted by atomic mass is 10.00. The van der Waals surface area contributed by atoms with Gasteiger partial charge in [-0.1, -0.05) is 325 Å². The summed E-state index contributed by atoms with van der Waals surface area (Å²) in [5.41, 5.74) is 0. The Morgan fingerprint density at radius 2 is 0.548 bits per heavy atom. The molecule has 6 atom stereocenters. The van der Waals surface area contributed by atoms with Gasteiger partial charge in [0.15, 0.2) is 12.2 Å². The highest BCUT2D eigenvalue weighted by atomic mass is 31.2. The van der Waals surface area contributed by atoms with Crippen LogP contribution in [-0.4, -0.2) is 96.7 Å². The number of ether oxygens (including phenoxy) is 4. The Balaban J connectivity index is 5.18. The Bertz CT molecular complexity index is 1820. The van der Waals surface area contributed by atoms with Crippen LogP contribution in [0.4, 0.5) is 0 Å². The maximum absolute atomic E-state index is 13.1. The van der Waals surface area contributed by atoms with E-state index < -0.39 is 97.5 Å². The molecule has 0 aromatic carbocycles. The first-order valence-corrected chi connectivity index (χ1v) is 41.4. The van der Waals surface area contributed by atoms with Gasteiger partial charge in [0.25, 0.3) is 0 Å². The second-order valence-corrected chi connectivity index (χ2v) is 30.8. The number of carbonyl (C=O) groups is 4. The van der Waals surface area contributed by atoms with E-state index in [2.05, 4.69) is 48.5 Å². The number of esters is 4. The summed E-state index contributed by atoms with van der Waals surface area (Å²) in [5.74, 6) is 0.0942. The minimum Gasteiger partial charge on any atom is -0.462 e. The number of phosphoric acid groups is 2. The number of aliphatic hydroxyl groups excluding tert-OH is 1. The SMILES string of the molecule is CCCCCCCCCCCCCCCC(=O)OC[C@H](COP(=O)(O)OC[C@@H](O)COP(=O)(O)OC[C@@H](COC(=O)CCCCCCCCC(C)C)OC(=O)CCCCCCCCC(C)CC)OC(=O)CCCCCCCCCCCCCCCCCCCCC(C)C. The molecule has 0 saturated heterocycles.